The van der Waals surface area contributed by atoms with Gasteiger partial charge in [-0.05, 0) is 37.5 Å². The topological polar surface area (TPSA) is 69.6 Å². The van der Waals surface area contributed by atoms with E-state index in [-0.39, 0.29) is 17.8 Å². The van der Waals surface area contributed by atoms with Gasteiger partial charge in [0.2, 0.25) is 0 Å². The highest BCUT2D eigenvalue weighted by Crippen LogP contribution is 2.33. The minimum absolute atomic E-state index is 0.0287. The highest BCUT2D eigenvalue weighted by Gasteiger charge is 2.33. The minimum Gasteiger partial charge on any atom is -0.391 e. The predicted molar refractivity (Wildman–Crippen MR) is 76.6 cm³/mol. The molecule has 0 saturated carbocycles. The van der Waals surface area contributed by atoms with Crippen LogP contribution in [0.15, 0.2) is 18.2 Å². The Kier molecular flexibility index (Phi) is 4.93. The molecule has 1 heterocycles. The van der Waals surface area contributed by atoms with Gasteiger partial charge in [0.05, 0.1) is 11.7 Å². The van der Waals surface area contributed by atoms with E-state index in [1.165, 1.54) is 24.0 Å². The normalized spacial score (nSPS) is 18.7. The van der Waals surface area contributed by atoms with Crippen LogP contribution in [0, 0.1) is 6.92 Å². The number of likely N-dealkylation sites (tertiary alicyclic amines) is 1. The number of nitrogens with one attached hydrogen (secondary N) is 1. The molecule has 2 amide bonds. The first-order chi connectivity index (χ1) is 10.7. The summed E-state index contributed by atoms with van der Waals surface area (Å²) in [5, 5.41) is 11.7. The van der Waals surface area contributed by atoms with Crippen LogP contribution in [0.2, 0.25) is 0 Å². The van der Waals surface area contributed by atoms with Gasteiger partial charge in [-0.2, -0.15) is 13.2 Å². The zero-order chi connectivity index (χ0) is 17.2. The minimum atomic E-state index is -4.54. The standard InChI is InChI=1S/C15H17F3N2O3/c1-9-4-5-10(7-12(9)15(16,17)18)19-13(22)14(23)20-6-2-3-11(21)8-20/h4-5,7,11,21H,2-3,6,8H2,1H3,(H,19,22). The van der Waals surface area contributed by atoms with Crippen LogP contribution in [0.1, 0.15) is 24.0 Å². The van der Waals surface area contributed by atoms with E-state index in [0.717, 1.165) is 6.07 Å². The molecule has 1 atom stereocenters. The monoisotopic (exact) mass is 330 g/mol. The molecular formula is C15H17F3N2O3. The molecular weight excluding hydrogens is 313 g/mol. The van der Waals surface area contributed by atoms with Crippen molar-refractivity contribution in [1.29, 1.82) is 0 Å². The molecule has 2 N–H and O–H groups in total. The van der Waals surface area contributed by atoms with Crippen LogP contribution in [0.4, 0.5) is 18.9 Å². The molecule has 1 aliphatic rings. The van der Waals surface area contributed by atoms with Crippen LogP contribution in [0.25, 0.3) is 0 Å². The van der Waals surface area contributed by atoms with Crippen molar-refractivity contribution in [2.75, 3.05) is 18.4 Å². The number of carbonyl (C=O) groups is 2. The van der Waals surface area contributed by atoms with Gasteiger partial charge in [-0.3, -0.25) is 9.59 Å². The smallest absolute Gasteiger partial charge is 0.391 e. The third-order valence-corrected chi connectivity index (χ3v) is 3.68. The van der Waals surface area contributed by atoms with Gasteiger partial charge in [-0.1, -0.05) is 6.07 Å². The third-order valence-electron chi connectivity index (χ3n) is 3.68. The molecule has 1 aromatic rings. The van der Waals surface area contributed by atoms with E-state index >= 15 is 0 Å². The predicted octanol–water partition coefficient (Wildman–Crippen LogP) is 1.94. The van der Waals surface area contributed by atoms with Gasteiger partial charge in [-0.25, -0.2) is 0 Å². The Morgan fingerprint density at radius 1 is 1.35 bits per heavy atom. The van der Waals surface area contributed by atoms with Crippen molar-refractivity contribution in [2.24, 2.45) is 0 Å². The summed E-state index contributed by atoms with van der Waals surface area (Å²) in [4.78, 5) is 25.1. The number of hydrogen-bond donors (Lipinski definition) is 2. The average molecular weight is 330 g/mol. The second-order valence-electron chi connectivity index (χ2n) is 5.53. The van der Waals surface area contributed by atoms with E-state index in [1.54, 1.807) is 0 Å². The second-order valence-corrected chi connectivity index (χ2v) is 5.53. The molecule has 1 fully saturated rings. The fourth-order valence-corrected chi connectivity index (χ4v) is 2.47. The van der Waals surface area contributed by atoms with Gasteiger partial charge >= 0.3 is 18.0 Å². The molecule has 1 saturated heterocycles. The number of rotatable bonds is 1. The van der Waals surface area contributed by atoms with E-state index < -0.39 is 29.7 Å². The maximum Gasteiger partial charge on any atom is 0.416 e. The molecule has 0 spiro atoms. The zero-order valence-corrected chi connectivity index (χ0v) is 12.5. The highest BCUT2D eigenvalue weighted by atomic mass is 19.4. The first-order valence-corrected chi connectivity index (χ1v) is 7.14. The Bertz CT molecular complexity index is 616. The summed E-state index contributed by atoms with van der Waals surface area (Å²) in [6.07, 6.45) is -4.09. The van der Waals surface area contributed by atoms with E-state index in [1.807, 2.05) is 0 Å². The molecule has 1 aromatic carbocycles. The van der Waals surface area contributed by atoms with Gasteiger partial charge in [-0.15, -0.1) is 0 Å². The molecule has 0 radical (unpaired) electrons. The van der Waals surface area contributed by atoms with Gasteiger partial charge < -0.3 is 15.3 Å². The van der Waals surface area contributed by atoms with Crippen LogP contribution in [0.3, 0.4) is 0 Å². The molecule has 5 nitrogen and oxygen atoms in total. The summed E-state index contributed by atoms with van der Waals surface area (Å²) in [7, 11) is 0. The summed E-state index contributed by atoms with van der Waals surface area (Å²) >= 11 is 0. The number of aryl methyl sites for hydroxylation is 1. The maximum absolute atomic E-state index is 12.8. The number of anilines is 1. The number of carbonyl (C=O) groups excluding carboxylic acids is 2. The lowest BCUT2D eigenvalue weighted by Crippen LogP contribution is -2.46. The lowest BCUT2D eigenvalue weighted by molar-refractivity contribution is -0.145. The van der Waals surface area contributed by atoms with Gasteiger partial charge in [0.1, 0.15) is 0 Å². The lowest BCUT2D eigenvalue weighted by atomic mass is 10.1. The number of aliphatic hydroxyl groups is 1. The molecule has 23 heavy (non-hydrogen) atoms. The van der Waals surface area contributed by atoms with Crippen molar-refractivity contribution in [3.63, 3.8) is 0 Å². The second kappa shape index (κ2) is 6.57. The van der Waals surface area contributed by atoms with Crippen molar-refractivity contribution in [3.05, 3.63) is 29.3 Å². The molecule has 0 aromatic heterocycles. The van der Waals surface area contributed by atoms with E-state index in [9.17, 15) is 27.9 Å². The summed E-state index contributed by atoms with van der Waals surface area (Å²) in [6.45, 7) is 1.70. The number of alkyl halides is 3. The first kappa shape index (κ1) is 17.3. The van der Waals surface area contributed by atoms with E-state index in [0.29, 0.717) is 19.4 Å². The Hall–Kier alpha value is -2.09. The molecule has 126 valence electrons. The van der Waals surface area contributed by atoms with Crippen molar-refractivity contribution < 1.29 is 27.9 Å². The number of β-amino-alcohol motifs (C(OH)–C–C–N with tert-alkyl or cyclic N) is 1. The van der Waals surface area contributed by atoms with Gasteiger partial charge in [0, 0.05) is 18.8 Å². The fraction of sp³-hybridized carbons (Fsp3) is 0.467. The molecule has 8 heteroatoms. The van der Waals surface area contributed by atoms with Crippen LogP contribution in [-0.4, -0.2) is 41.0 Å². The highest BCUT2D eigenvalue weighted by molar-refractivity contribution is 6.39. The molecule has 0 aliphatic carbocycles. The number of hydrogen-bond acceptors (Lipinski definition) is 3. The lowest BCUT2D eigenvalue weighted by Gasteiger charge is -2.29. The van der Waals surface area contributed by atoms with Crippen molar-refractivity contribution >= 4 is 17.5 Å². The maximum atomic E-state index is 12.8. The Morgan fingerprint density at radius 2 is 2.04 bits per heavy atom. The number of piperidine rings is 1. The molecule has 1 unspecified atom stereocenters. The number of amides is 2. The van der Waals surface area contributed by atoms with Crippen LogP contribution in [0.5, 0.6) is 0 Å². The van der Waals surface area contributed by atoms with Crippen molar-refractivity contribution in [1.82, 2.24) is 4.90 Å². The molecule has 2 rings (SSSR count). The van der Waals surface area contributed by atoms with E-state index in [2.05, 4.69) is 5.32 Å². The van der Waals surface area contributed by atoms with Gasteiger partial charge in [0.15, 0.2) is 0 Å². The number of benzene rings is 1. The quantitative estimate of drug-likeness (QED) is 0.773. The van der Waals surface area contributed by atoms with E-state index in [4.69, 9.17) is 0 Å². The number of nitrogens with zero attached hydrogens (tertiary/aromatic N) is 1. The summed E-state index contributed by atoms with van der Waals surface area (Å²) < 4.78 is 38.5. The third kappa shape index (κ3) is 4.22. The van der Waals surface area contributed by atoms with Crippen LogP contribution in [-0.2, 0) is 15.8 Å². The fourth-order valence-electron chi connectivity index (χ4n) is 2.47. The van der Waals surface area contributed by atoms with Crippen LogP contribution < -0.4 is 5.32 Å². The molecule has 1 aliphatic heterocycles. The SMILES string of the molecule is Cc1ccc(NC(=O)C(=O)N2CCCC(O)C2)cc1C(F)(F)F. The Morgan fingerprint density at radius 3 is 2.65 bits per heavy atom. The zero-order valence-electron chi connectivity index (χ0n) is 12.5. The Balaban J connectivity index is 2.09. The number of halogens is 3. The first-order valence-electron chi connectivity index (χ1n) is 7.14. The Labute approximate surface area is 131 Å². The summed E-state index contributed by atoms with van der Waals surface area (Å²) in [5.41, 5.74) is -0.934. The summed E-state index contributed by atoms with van der Waals surface area (Å²) in [5.74, 6) is -1.88. The largest absolute Gasteiger partial charge is 0.416 e. The van der Waals surface area contributed by atoms with Crippen LogP contribution >= 0.6 is 0 Å². The molecule has 0 bridgehead atoms. The summed E-state index contributed by atoms with van der Waals surface area (Å²) in [6, 6.07) is 3.33. The number of aliphatic hydroxyl groups excluding tert-OH is 1. The van der Waals surface area contributed by atoms with Crippen molar-refractivity contribution in [2.45, 2.75) is 32.0 Å². The average Bonchev–Trinajstić information content (AvgIpc) is 2.47. The van der Waals surface area contributed by atoms with Crippen molar-refractivity contribution in [3.8, 4) is 0 Å². The van der Waals surface area contributed by atoms with Gasteiger partial charge in [0.25, 0.3) is 0 Å².